The first-order chi connectivity index (χ1) is 10.1. The van der Waals surface area contributed by atoms with Crippen LogP contribution in [0.5, 0.6) is 0 Å². The highest BCUT2D eigenvalue weighted by molar-refractivity contribution is 9.10. The average Bonchev–Trinajstić information content (AvgIpc) is 2.92. The van der Waals surface area contributed by atoms with Crippen LogP contribution in [0, 0.1) is 6.92 Å². The molecular weight excluding hydrogens is 338 g/mol. The van der Waals surface area contributed by atoms with Crippen LogP contribution in [0.1, 0.15) is 30.5 Å². The summed E-state index contributed by atoms with van der Waals surface area (Å²) in [5.74, 6) is 1.68. The van der Waals surface area contributed by atoms with Gasteiger partial charge < -0.3 is 9.42 Å². The molecule has 0 amide bonds. The van der Waals surface area contributed by atoms with Crippen molar-refractivity contribution >= 4 is 21.6 Å². The third-order valence-electron chi connectivity index (χ3n) is 3.79. The van der Waals surface area contributed by atoms with Crippen LogP contribution in [0.15, 0.2) is 20.0 Å². The van der Waals surface area contributed by atoms with Crippen molar-refractivity contribution in [3.8, 4) is 0 Å². The van der Waals surface area contributed by atoms with Crippen LogP contribution < -0.4 is 10.5 Å². The first-order valence-corrected chi connectivity index (χ1v) is 7.62. The lowest BCUT2D eigenvalue weighted by Crippen LogP contribution is -2.35. The molecular formula is C13H16BrN5O2. The van der Waals surface area contributed by atoms with Crippen molar-refractivity contribution in [1.29, 1.82) is 0 Å². The molecule has 0 bridgehead atoms. The van der Waals surface area contributed by atoms with E-state index in [0.717, 1.165) is 31.6 Å². The molecule has 1 fully saturated rings. The maximum absolute atomic E-state index is 11.9. The molecule has 0 aromatic carbocycles. The number of anilines is 1. The second-order valence-electron chi connectivity index (χ2n) is 5.21. The molecule has 0 aliphatic carbocycles. The largest absolute Gasteiger partial charge is 0.369 e. The summed E-state index contributed by atoms with van der Waals surface area (Å²) in [7, 11) is 1.64. The molecule has 1 aliphatic rings. The van der Waals surface area contributed by atoms with E-state index in [1.165, 1.54) is 4.68 Å². The van der Waals surface area contributed by atoms with E-state index in [1.54, 1.807) is 13.2 Å². The number of aryl methyl sites for hydroxylation is 2. The number of rotatable bonds is 2. The lowest BCUT2D eigenvalue weighted by atomic mass is 9.96. The Balaban J connectivity index is 1.74. The molecule has 7 nitrogen and oxygen atoms in total. The molecule has 3 heterocycles. The van der Waals surface area contributed by atoms with Crippen LogP contribution in [0.25, 0.3) is 0 Å². The Kier molecular flexibility index (Phi) is 3.79. The molecule has 21 heavy (non-hydrogen) atoms. The number of hydrogen-bond donors (Lipinski definition) is 0. The van der Waals surface area contributed by atoms with E-state index in [4.69, 9.17) is 4.52 Å². The second-order valence-corrected chi connectivity index (χ2v) is 6.01. The minimum absolute atomic E-state index is 0.123. The van der Waals surface area contributed by atoms with Crippen molar-refractivity contribution in [3.05, 3.63) is 32.7 Å². The summed E-state index contributed by atoms with van der Waals surface area (Å²) in [5, 5.41) is 7.93. The topological polar surface area (TPSA) is 77.0 Å². The first kappa shape index (κ1) is 14.2. The second kappa shape index (κ2) is 5.59. The van der Waals surface area contributed by atoms with E-state index in [-0.39, 0.29) is 5.56 Å². The van der Waals surface area contributed by atoms with Crippen molar-refractivity contribution in [2.75, 3.05) is 18.0 Å². The standard InChI is InChI=1S/C13H16BrN5O2/c1-8-16-12(21-17-8)9-3-5-19(6-4-9)10-7-15-18(2)13(20)11(10)14/h7,9H,3-6H2,1-2H3. The molecule has 2 aromatic rings. The highest BCUT2D eigenvalue weighted by atomic mass is 79.9. The average molecular weight is 354 g/mol. The van der Waals surface area contributed by atoms with Crippen molar-refractivity contribution in [1.82, 2.24) is 19.9 Å². The zero-order valence-electron chi connectivity index (χ0n) is 11.9. The third-order valence-corrected chi connectivity index (χ3v) is 4.53. The van der Waals surface area contributed by atoms with Gasteiger partial charge in [0.25, 0.3) is 5.56 Å². The highest BCUT2D eigenvalue weighted by Gasteiger charge is 2.26. The fourth-order valence-electron chi connectivity index (χ4n) is 2.57. The SMILES string of the molecule is Cc1noc(C2CCN(c3cnn(C)c(=O)c3Br)CC2)n1. The van der Waals surface area contributed by atoms with Gasteiger partial charge in [-0.1, -0.05) is 5.16 Å². The van der Waals surface area contributed by atoms with Gasteiger partial charge in [0.15, 0.2) is 5.82 Å². The molecule has 8 heteroatoms. The first-order valence-electron chi connectivity index (χ1n) is 6.83. The third kappa shape index (κ3) is 2.72. The zero-order chi connectivity index (χ0) is 15.0. The summed E-state index contributed by atoms with van der Waals surface area (Å²) >= 11 is 3.37. The molecule has 0 atom stereocenters. The van der Waals surface area contributed by atoms with Crippen LogP contribution in [-0.2, 0) is 7.05 Å². The fourth-order valence-corrected chi connectivity index (χ4v) is 3.18. The number of hydrogen-bond acceptors (Lipinski definition) is 6. The normalized spacial score (nSPS) is 16.4. The van der Waals surface area contributed by atoms with Gasteiger partial charge in [0, 0.05) is 26.1 Å². The number of nitrogens with zero attached hydrogens (tertiary/aromatic N) is 5. The van der Waals surface area contributed by atoms with Crippen molar-refractivity contribution < 1.29 is 4.52 Å². The van der Waals surface area contributed by atoms with Crippen molar-refractivity contribution in [2.45, 2.75) is 25.7 Å². The van der Waals surface area contributed by atoms with E-state index in [2.05, 4.69) is 36.1 Å². The van der Waals surface area contributed by atoms with E-state index in [9.17, 15) is 4.79 Å². The van der Waals surface area contributed by atoms with E-state index < -0.39 is 0 Å². The van der Waals surface area contributed by atoms with Gasteiger partial charge in [-0.25, -0.2) is 4.68 Å². The van der Waals surface area contributed by atoms with Gasteiger partial charge in [0.1, 0.15) is 4.47 Å². The fraction of sp³-hybridized carbons (Fsp3) is 0.538. The summed E-state index contributed by atoms with van der Waals surface area (Å²) in [6.07, 6.45) is 3.56. The highest BCUT2D eigenvalue weighted by Crippen LogP contribution is 2.31. The van der Waals surface area contributed by atoms with Gasteiger partial charge in [-0.3, -0.25) is 4.79 Å². The minimum Gasteiger partial charge on any atom is -0.369 e. The molecule has 0 saturated carbocycles. The van der Waals surface area contributed by atoms with Gasteiger partial charge in [-0.05, 0) is 35.7 Å². The lowest BCUT2D eigenvalue weighted by Gasteiger charge is -2.32. The van der Waals surface area contributed by atoms with Crippen LogP contribution in [0.4, 0.5) is 5.69 Å². The van der Waals surface area contributed by atoms with Crippen molar-refractivity contribution in [2.24, 2.45) is 7.05 Å². The maximum Gasteiger partial charge on any atom is 0.282 e. The Morgan fingerprint density at radius 3 is 2.71 bits per heavy atom. The van der Waals surface area contributed by atoms with Gasteiger partial charge in [0.05, 0.1) is 11.9 Å². The quantitative estimate of drug-likeness (QED) is 0.816. The lowest BCUT2D eigenvalue weighted by molar-refractivity contribution is 0.327. The van der Waals surface area contributed by atoms with Crippen LogP contribution in [0.2, 0.25) is 0 Å². The molecule has 1 saturated heterocycles. The van der Waals surface area contributed by atoms with Gasteiger partial charge >= 0.3 is 0 Å². The smallest absolute Gasteiger partial charge is 0.282 e. The van der Waals surface area contributed by atoms with Gasteiger partial charge in [0.2, 0.25) is 5.89 Å². The van der Waals surface area contributed by atoms with Crippen LogP contribution >= 0.6 is 15.9 Å². The summed E-state index contributed by atoms with van der Waals surface area (Å²) < 4.78 is 7.13. The Bertz CT molecular complexity index is 703. The minimum atomic E-state index is -0.123. The van der Waals surface area contributed by atoms with Crippen molar-refractivity contribution in [3.63, 3.8) is 0 Å². The maximum atomic E-state index is 11.9. The Labute approximate surface area is 130 Å². The van der Waals surface area contributed by atoms with E-state index >= 15 is 0 Å². The monoisotopic (exact) mass is 353 g/mol. The molecule has 112 valence electrons. The summed E-state index contributed by atoms with van der Waals surface area (Å²) in [6.45, 7) is 3.49. The van der Waals surface area contributed by atoms with Gasteiger partial charge in [-0.2, -0.15) is 10.1 Å². The number of piperidine rings is 1. The molecule has 0 radical (unpaired) electrons. The van der Waals surface area contributed by atoms with Crippen LogP contribution in [0.3, 0.4) is 0 Å². The molecule has 0 spiro atoms. The Hall–Kier alpha value is -1.70. The molecule has 0 unspecified atom stereocenters. The predicted octanol–water partition coefficient (Wildman–Crippen LogP) is 1.62. The van der Waals surface area contributed by atoms with E-state index in [0.29, 0.717) is 22.1 Å². The zero-order valence-corrected chi connectivity index (χ0v) is 13.5. The Morgan fingerprint density at radius 1 is 1.38 bits per heavy atom. The van der Waals surface area contributed by atoms with Gasteiger partial charge in [-0.15, -0.1) is 0 Å². The van der Waals surface area contributed by atoms with E-state index in [1.807, 2.05) is 6.92 Å². The summed E-state index contributed by atoms with van der Waals surface area (Å²) in [5.41, 5.74) is 0.723. The number of aromatic nitrogens is 4. The Morgan fingerprint density at radius 2 is 2.10 bits per heavy atom. The summed E-state index contributed by atoms with van der Waals surface area (Å²) in [6, 6.07) is 0. The van der Waals surface area contributed by atoms with Crippen LogP contribution in [-0.4, -0.2) is 33.0 Å². The number of halogens is 1. The molecule has 0 N–H and O–H groups in total. The summed E-state index contributed by atoms with van der Waals surface area (Å²) in [4.78, 5) is 18.4. The molecule has 2 aromatic heterocycles. The molecule has 3 rings (SSSR count). The predicted molar refractivity (Wildman–Crippen MR) is 80.4 cm³/mol. The molecule has 1 aliphatic heterocycles.